The van der Waals surface area contributed by atoms with Crippen LogP contribution in [0.25, 0.3) is 22.2 Å². The van der Waals surface area contributed by atoms with Crippen LogP contribution < -0.4 is 25.4 Å². The molecule has 0 atom stereocenters. The van der Waals surface area contributed by atoms with E-state index in [9.17, 15) is 4.79 Å². The molecule has 13 nitrogen and oxygen atoms in total. The Labute approximate surface area is 233 Å². The second-order valence-electron chi connectivity index (χ2n) is 10.6. The summed E-state index contributed by atoms with van der Waals surface area (Å²) in [5.41, 5.74) is 2.31. The van der Waals surface area contributed by atoms with Crippen molar-refractivity contribution in [2.24, 2.45) is 0 Å². The second kappa shape index (κ2) is 12.1. The van der Waals surface area contributed by atoms with E-state index < -0.39 is 5.54 Å². The molecule has 0 aliphatic heterocycles. The van der Waals surface area contributed by atoms with Crippen molar-refractivity contribution in [3.05, 3.63) is 42.4 Å². The molecule has 40 heavy (non-hydrogen) atoms. The maximum absolute atomic E-state index is 12.8. The van der Waals surface area contributed by atoms with Gasteiger partial charge in [0, 0.05) is 48.0 Å². The van der Waals surface area contributed by atoms with Crippen molar-refractivity contribution in [1.82, 2.24) is 40.2 Å². The van der Waals surface area contributed by atoms with E-state index >= 15 is 0 Å². The van der Waals surface area contributed by atoms with Crippen LogP contribution in [0.4, 0.5) is 16.6 Å². The van der Waals surface area contributed by atoms with Gasteiger partial charge in [0.1, 0.15) is 17.3 Å². The number of methoxy groups -OCH3 is 2. The van der Waals surface area contributed by atoms with Gasteiger partial charge in [0.25, 0.3) is 0 Å². The number of nitrogens with one attached hydrogen (secondary N) is 3. The lowest BCUT2D eigenvalue weighted by Gasteiger charge is -2.21. The third-order valence-electron chi connectivity index (χ3n) is 5.64. The number of hydrogen-bond acceptors (Lipinski definition) is 10. The number of pyridine rings is 1. The topological polar surface area (TPSA) is 144 Å². The summed E-state index contributed by atoms with van der Waals surface area (Å²) in [4.78, 5) is 28.6. The summed E-state index contributed by atoms with van der Waals surface area (Å²) in [6, 6.07) is 6.98. The van der Waals surface area contributed by atoms with Crippen LogP contribution in [0, 0.1) is 0 Å². The molecule has 2 amide bonds. The molecule has 0 bridgehead atoms. The second-order valence-corrected chi connectivity index (χ2v) is 10.6. The Bertz CT molecular complexity index is 1460. The third-order valence-corrected chi connectivity index (χ3v) is 5.64. The normalized spacial score (nSPS) is 11.5. The molecule has 0 radical (unpaired) electrons. The van der Waals surface area contributed by atoms with Crippen molar-refractivity contribution < 1.29 is 14.3 Å². The molecule has 13 heteroatoms. The molecule has 0 saturated carbocycles. The molecule has 1 aromatic carbocycles. The maximum atomic E-state index is 12.8. The first-order valence-corrected chi connectivity index (χ1v) is 12.8. The number of anilines is 2. The molecule has 212 valence electrons. The van der Waals surface area contributed by atoms with Gasteiger partial charge in [0.15, 0.2) is 5.65 Å². The smallest absolute Gasteiger partial charge is 0.320 e. The third kappa shape index (κ3) is 7.53. The largest absolute Gasteiger partial charge is 0.497 e. The van der Waals surface area contributed by atoms with Gasteiger partial charge in [0.05, 0.1) is 26.5 Å². The highest BCUT2D eigenvalue weighted by Gasteiger charge is 2.18. The van der Waals surface area contributed by atoms with Crippen LogP contribution in [0.1, 0.15) is 26.5 Å². The van der Waals surface area contributed by atoms with Gasteiger partial charge in [-0.1, -0.05) is 5.21 Å². The van der Waals surface area contributed by atoms with Crippen molar-refractivity contribution in [1.29, 1.82) is 0 Å². The molecule has 3 heterocycles. The average Bonchev–Trinajstić information content (AvgIpc) is 3.33. The SMILES string of the molecule is COc1cc(OC)cc(-c2cc3cnc(NCCn4cc(CN(C)C)nn4)nc3nc2NC(=O)NC(C)(C)C)c1. The van der Waals surface area contributed by atoms with Crippen LogP contribution >= 0.6 is 0 Å². The predicted molar refractivity (Wildman–Crippen MR) is 154 cm³/mol. The number of hydrogen-bond donors (Lipinski definition) is 3. The van der Waals surface area contributed by atoms with Crippen LogP contribution in [0.3, 0.4) is 0 Å². The zero-order valence-corrected chi connectivity index (χ0v) is 23.9. The highest BCUT2D eigenvalue weighted by Crippen LogP contribution is 2.35. The number of urea groups is 1. The first-order chi connectivity index (χ1) is 19.0. The Morgan fingerprint density at radius 1 is 1.05 bits per heavy atom. The van der Waals surface area contributed by atoms with E-state index in [4.69, 9.17) is 14.5 Å². The highest BCUT2D eigenvalue weighted by atomic mass is 16.5. The molecule has 0 saturated heterocycles. The van der Waals surface area contributed by atoms with Gasteiger partial charge < -0.3 is 25.0 Å². The first kappa shape index (κ1) is 28.5. The van der Waals surface area contributed by atoms with Crippen molar-refractivity contribution in [2.75, 3.05) is 45.5 Å². The Kier molecular flexibility index (Phi) is 8.63. The van der Waals surface area contributed by atoms with Crippen LogP contribution in [-0.4, -0.2) is 81.3 Å². The van der Waals surface area contributed by atoms with E-state index in [2.05, 4.69) is 36.2 Å². The van der Waals surface area contributed by atoms with E-state index in [1.54, 1.807) is 31.2 Å². The lowest BCUT2D eigenvalue weighted by atomic mass is 10.0. The monoisotopic (exact) mass is 548 g/mol. The summed E-state index contributed by atoms with van der Waals surface area (Å²) in [7, 11) is 7.14. The van der Waals surface area contributed by atoms with Crippen LogP contribution in [0.15, 0.2) is 36.7 Å². The van der Waals surface area contributed by atoms with Crippen LogP contribution in [0.5, 0.6) is 11.5 Å². The summed E-state index contributed by atoms with van der Waals surface area (Å²) >= 11 is 0. The van der Waals surface area contributed by atoms with Crippen molar-refractivity contribution in [3.8, 4) is 22.6 Å². The number of nitrogens with zero attached hydrogens (tertiary/aromatic N) is 7. The number of benzene rings is 1. The van der Waals surface area contributed by atoms with E-state index in [0.29, 0.717) is 53.0 Å². The number of carbonyl (C=O) groups is 1. The highest BCUT2D eigenvalue weighted by molar-refractivity contribution is 5.96. The van der Waals surface area contributed by atoms with E-state index in [0.717, 1.165) is 17.8 Å². The van der Waals surface area contributed by atoms with Gasteiger partial charge in [-0.15, -0.1) is 5.10 Å². The number of aromatic nitrogens is 6. The lowest BCUT2D eigenvalue weighted by molar-refractivity contribution is 0.243. The zero-order chi connectivity index (χ0) is 28.9. The Morgan fingerprint density at radius 3 is 2.42 bits per heavy atom. The summed E-state index contributed by atoms with van der Waals surface area (Å²) < 4.78 is 12.7. The summed E-state index contributed by atoms with van der Waals surface area (Å²) in [5, 5.41) is 18.0. The van der Waals surface area contributed by atoms with Gasteiger partial charge in [-0.2, -0.15) is 4.98 Å². The van der Waals surface area contributed by atoms with Gasteiger partial charge in [-0.25, -0.2) is 14.8 Å². The molecule has 0 aliphatic rings. The minimum Gasteiger partial charge on any atom is -0.497 e. The van der Waals surface area contributed by atoms with Crippen LogP contribution in [0.2, 0.25) is 0 Å². The lowest BCUT2D eigenvalue weighted by Crippen LogP contribution is -2.43. The summed E-state index contributed by atoms with van der Waals surface area (Å²) in [5.74, 6) is 1.97. The van der Waals surface area contributed by atoms with Crippen molar-refractivity contribution in [3.63, 3.8) is 0 Å². The fourth-order valence-corrected chi connectivity index (χ4v) is 3.93. The summed E-state index contributed by atoms with van der Waals surface area (Å²) in [6.07, 6.45) is 3.61. The first-order valence-electron chi connectivity index (χ1n) is 12.8. The van der Waals surface area contributed by atoms with Crippen molar-refractivity contribution >= 4 is 28.8 Å². The number of fused-ring (bicyclic) bond motifs is 1. The Balaban J connectivity index is 1.62. The molecular formula is C27H36N10O3. The van der Waals surface area contributed by atoms with E-state index in [-0.39, 0.29) is 6.03 Å². The molecule has 0 fully saturated rings. The number of ether oxygens (including phenoxy) is 2. The van der Waals surface area contributed by atoms with E-state index in [1.807, 2.05) is 64.2 Å². The van der Waals surface area contributed by atoms with Gasteiger partial charge >= 0.3 is 6.03 Å². The van der Waals surface area contributed by atoms with Gasteiger partial charge in [-0.3, -0.25) is 10.00 Å². The fraction of sp³-hybridized carbons (Fsp3) is 0.407. The molecule has 0 aliphatic carbocycles. The standard InChI is InChI=1S/C27H36N10O3/c1-27(2,3)33-26(38)32-24-22(17-10-20(39-6)13-21(11-17)40-7)12-18-14-29-25(31-23(18)30-24)28-8-9-37-16-19(34-35-37)15-36(4)5/h10-14,16H,8-9,15H2,1-7H3,(H3,28,29,30,31,32,33,38). The molecular weight excluding hydrogens is 512 g/mol. The molecule has 3 N–H and O–H groups in total. The average molecular weight is 549 g/mol. The van der Waals surface area contributed by atoms with Gasteiger partial charge in [0.2, 0.25) is 5.95 Å². The molecule has 0 unspecified atom stereocenters. The molecule has 3 aromatic heterocycles. The minimum absolute atomic E-state index is 0.338. The van der Waals surface area contributed by atoms with Crippen LogP contribution in [-0.2, 0) is 13.1 Å². The quantitative estimate of drug-likeness (QED) is 0.270. The number of amides is 2. The number of rotatable bonds is 10. The fourth-order valence-electron chi connectivity index (χ4n) is 3.93. The molecule has 4 rings (SSSR count). The zero-order valence-electron chi connectivity index (χ0n) is 23.9. The predicted octanol–water partition coefficient (Wildman–Crippen LogP) is 3.39. The Morgan fingerprint density at radius 2 is 1.77 bits per heavy atom. The van der Waals surface area contributed by atoms with E-state index in [1.165, 1.54) is 0 Å². The van der Waals surface area contributed by atoms with Crippen molar-refractivity contribution in [2.45, 2.75) is 39.4 Å². The molecule has 4 aromatic rings. The maximum Gasteiger partial charge on any atom is 0.320 e. The van der Waals surface area contributed by atoms with Gasteiger partial charge in [-0.05, 0) is 58.6 Å². The Hall–Kier alpha value is -4.52. The minimum atomic E-state index is -0.434. The number of carbonyl (C=O) groups excluding carboxylic acids is 1. The summed E-state index contributed by atoms with van der Waals surface area (Å²) in [6.45, 7) is 7.57. The molecule has 0 spiro atoms.